The molecule has 4 rings (SSSR count). The molecule has 6 nitrogen and oxygen atoms in total. The van der Waals surface area contributed by atoms with Crippen molar-refractivity contribution >= 4 is 11.6 Å². The van der Waals surface area contributed by atoms with Gasteiger partial charge in [0.1, 0.15) is 18.0 Å². The van der Waals surface area contributed by atoms with Crippen LogP contribution in [0.15, 0.2) is 36.7 Å². The molecule has 1 aromatic carbocycles. The third-order valence-electron chi connectivity index (χ3n) is 6.38. The molecule has 2 aliphatic rings. The predicted octanol–water partition coefficient (Wildman–Crippen LogP) is 3.92. The van der Waals surface area contributed by atoms with E-state index in [2.05, 4.69) is 25.1 Å². The number of piperidine rings is 2. The van der Waals surface area contributed by atoms with Gasteiger partial charge in [-0.1, -0.05) is 18.2 Å². The molecule has 0 saturated carbocycles. The SMILES string of the molecule is OCC1CCCCN1c1cc(NC2CCN(Cc3cccc(C(F)(F)F)c3)CC2)ncn1. The Bertz CT molecular complexity index is 886. The van der Waals surface area contributed by atoms with Crippen molar-refractivity contribution in [1.82, 2.24) is 14.9 Å². The van der Waals surface area contributed by atoms with E-state index in [4.69, 9.17) is 0 Å². The van der Waals surface area contributed by atoms with E-state index in [9.17, 15) is 18.3 Å². The highest BCUT2D eigenvalue weighted by Gasteiger charge is 2.30. The maximum atomic E-state index is 12.9. The third kappa shape index (κ3) is 5.69. The minimum Gasteiger partial charge on any atom is -0.394 e. The Labute approximate surface area is 186 Å². The molecule has 1 aromatic heterocycles. The van der Waals surface area contributed by atoms with Crippen LogP contribution in [-0.4, -0.2) is 58.3 Å². The smallest absolute Gasteiger partial charge is 0.394 e. The maximum absolute atomic E-state index is 12.9. The number of aliphatic hydroxyl groups excluding tert-OH is 1. The number of alkyl halides is 3. The number of halogens is 3. The first-order valence-corrected chi connectivity index (χ1v) is 11.3. The van der Waals surface area contributed by atoms with Crippen LogP contribution in [0.1, 0.15) is 43.2 Å². The number of aliphatic hydroxyl groups is 1. The number of rotatable bonds is 6. The van der Waals surface area contributed by atoms with Crippen LogP contribution in [0.2, 0.25) is 0 Å². The molecule has 3 heterocycles. The molecule has 0 amide bonds. The summed E-state index contributed by atoms with van der Waals surface area (Å²) in [5, 5.41) is 13.2. The standard InChI is InChI=1S/C23H30F3N5O/c24-23(25,26)18-5-3-4-17(12-18)14-30-10-7-19(8-11-30)29-21-13-22(28-16-27-21)31-9-2-1-6-20(31)15-32/h3-5,12-13,16,19-20,32H,1-2,6-11,14-15H2,(H,27,28,29). The van der Waals surface area contributed by atoms with E-state index in [1.54, 1.807) is 12.4 Å². The highest BCUT2D eigenvalue weighted by atomic mass is 19.4. The molecular weight excluding hydrogens is 419 g/mol. The van der Waals surface area contributed by atoms with Crippen LogP contribution in [0.5, 0.6) is 0 Å². The minimum absolute atomic E-state index is 0.102. The molecule has 1 atom stereocenters. The molecule has 2 N–H and O–H groups in total. The first-order valence-electron chi connectivity index (χ1n) is 11.3. The summed E-state index contributed by atoms with van der Waals surface area (Å²) in [5.41, 5.74) is 0.0925. The Kier molecular flexibility index (Phi) is 7.15. The van der Waals surface area contributed by atoms with Crippen molar-refractivity contribution in [3.05, 3.63) is 47.8 Å². The fourth-order valence-electron chi connectivity index (χ4n) is 4.62. The van der Waals surface area contributed by atoms with Gasteiger partial charge < -0.3 is 15.3 Å². The van der Waals surface area contributed by atoms with Gasteiger partial charge in [-0.25, -0.2) is 9.97 Å². The normalized spacial score (nSPS) is 21.0. The summed E-state index contributed by atoms with van der Waals surface area (Å²) in [6.07, 6.45) is 2.21. The summed E-state index contributed by atoms with van der Waals surface area (Å²) in [6.45, 7) is 3.15. The second-order valence-corrected chi connectivity index (χ2v) is 8.68. The van der Waals surface area contributed by atoms with Crippen LogP contribution in [-0.2, 0) is 12.7 Å². The maximum Gasteiger partial charge on any atom is 0.416 e. The van der Waals surface area contributed by atoms with Crippen molar-refractivity contribution in [3.63, 3.8) is 0 Å². The number of aromatic nitrogens is 2. The van der Waals surface area contributed by atoms with Gasteiger partial charge in [0.05, 0.1) is 18.2 Å². The van der Waals surface area contributed by atoms with E-state index in [0.29, 0.717) is 12.1 Å². The van der Waals surface area contributed by atoms with Crippen molar-refractivity contribution in [2.75, 3.05) is 36.5 Å². The Morgan fingerprint density at radius 2 is 1.84 bits per heavy atom. The molecule has 0 spiro atoms. The molecule has 32 heavy (non-hydrogen) atoms. The number of anilines is 2. The average Bonchev–Trinajstić information content (AvgIpc) is 2.80. The van der Waals surface area contributed by atoms with Gasteiger partial charge in [-0.05, 0) is 43.7 Å². The lowest BCUT2D eigenvalue weighted by Gasteiger charge is -2.36. The van der Waals surface area contributed by atoms with Gasteiger partial charge in [-0.2, -0.15) is 13.2 Å². The van der Waals surface area contributed by atoms with E-state index in [1.165, 1.54) is 12.1 Å². The summed E-state index contributed by atoms with van der Waals surface area (Å²) in [6, 6.07) is 7.89. The summed E-state index contributed by atoms with van der Waals surface area (Å²) < 4.78 is 38.8. The molecule has 2 fully saturated rings. The van der Waals surface area contributed by atoms with Crippen LogP contribution < -0.4 is 10.2 Å². The zero-order valence-corrected chi connectivity index (χ0v) is 18.1. The number of nitrogens with one attached hydrogen (secondary N) is 1. The lowest BCUT2D eigenvalue weighted by Crippen LogP contribution is -2.42. The monoisotopic (exact) mass is 449 g/mol. The van der Waals surface area contributed by atoms with Crippen molar-refractivity contribution in [2.45, 2.75) is 56.9 Å². The zero-order valence-electron chi connectivity index (χ0n) is 18.1. The highest BCUT2D eigenvalue weighted by Crippen LogP contribution is 2.30. The summed E-state index contributed by atoms with van der Waals surface area (Å²) in [5.74, 6) is 1.61. The Hall–Kier alpha value is -2.39. The van der Waals surface area contributed by atoms with Crippen LogP contribution in [0.4, 0.5) is 24.8 Å². The van der Waals surface area contributed by atoms with E-state index in [0.717, 1.165) is 69.4 Å². The van der Waals surface area contributed by atoms with Crippen LogP contribution in [0.3, 0.4) is 0 Å². The van der Waals surface area contributed by atoms with Gasteiger partial charge in [0.25, 0.3) is 0 Å². The van der Waals surface area contributed by atoms with Crippen molar-refractivity contribution in [2.24, 2.45) is 0 Å². The van der Waals surface area contributed by atoms with E-state index in [1.807, 2.05) is 6.07 Å². The van der Waals surface area contributed by atoms with Crippen molar-refractivity contribution < 1.29 is 18.3 Å². The topological polar surface area (TPSA) is 64.5 Å². The fraction of sp³-hybridized carbons (Fsp3) is 0.565. The number of nitrogens with zero attached hydrogens (tertiary/aromatic N) is 4. The molecule has 2 aliphatic heterocycles. The largest absolute Gasteiger partial charge is 0.416 e. The number of hydrogen-bond donors (Lipinski definition) is 2. The van der Waals surface area contributed by atoms with E-state index >= 15 is 0 Å². The number of hydrogen-bond acceptors (Lipinski definition) is 6. The zero-order chi connectivity index (χ0) is 22.6. The fourth-order valence-corrected chi connectivity index (χ4v) is 4.62. The Morgan fingerprint density at radius 1 is 1.03 bits per heavy atom. The summed E-state index contributed by atoms with van der Waals surface area (Å²) in [7, 11) is 0. The lowest BCUT2D eigenvalue weighted by molar-refractivity contribution is -0.137. The molecule has 174 valence electrons. The molecule has 2 saturated heterocycles. The number of benzene rings is 1. The second kappa shape index (κ2) is 10.0. The van der Waals surface area contributed by atoms with Gasteiger partial charge >= 0.3 is 6.18 Å². The quantitative estimate of drug-likeness (QED) is 0.697. The van der Waals surface area contributed by atoms with Gasteiger partial charge in [0.15, 0.2) is 0 Å². The predicted molar refractivity (Wildman–Crippen MR) is 117 cm³/mol. The average molecular weight is 450 g/mol. The van der Waals surface area contributed by atoms with Gasteiger partial charge in [-0.3, -0.25) is 4.90 Å². The highest BCUT2D eigenvalue weighted by molar-refractivity contribution is 5.50. The first kappa shape index (κ1) is 22.8. The molecule has 9 heteroatoms. The van der Waals surface area contributed by atoms with Gasteiger partial charge in [0, 0.05) is 38.3 Å². The molecule has 0 bridgehead atoms. The van der Waals surface area contributed by atoms with Gasteiger partial charge in [0.2, 0.25) is 0 Å². The summed E-state index contributed by atoms with van der Waals surface area (Å²) in [4.78, 5) is 13.1. The minimum atomic E-state index is -4.31. The van der Waals surface area contributed by atoms with Gasteiger partial charge in [-0.15, -0.1) is 0 Å². The number of likely N-dealkylation sites (tertiary alicyclic amines) is 1. The van der Waals surface area contributed by atoms with E-state index in [-0.39, 0.29) is 18.7 Å². The Balaban J connectivity index is 1.31. The van der Waals surface area contributed by atoms with Crippen LogP contribution in [0.25, 0.3) is 0 Å². The third-order valence-corrected chi connectivity index (χ3v) is 6.38. The molecular formula is C23H30F3N5O. The second-order valence-electron chi connectivity index (χ2n) is 8.68. The molecule has 2 aromatic rings. The lowest BCUT2D eigenvalue weighted by atomic mass is 10.0. The van der Waals surface area contributed by atoms with E-state index < -0.39 is 11.7 Å². The van der Waals surface area contributed by atoms with Crippen LogP contribution >= 0.6 is 0 Å². The summed E-state index contributed by atoms with van der Waals surface area (Å²) >= 11 is 0. The van der Waals surface area contributed by atoms with Crippen molar-refractivity contribution in [1.29, 1.82) is 0 Å². The molecule has 0 radical (unpaired) electrons. The first-order chi connectivity index (χ1) is 15.4. The molecule has 0 aliphatic carbocycles. The van der Waals surface area contributed by atoms with Crippen LogP contribution in [0, 0.1) is 0 Å². The Morgan fingerprint density at radius 3 is 2.59 bits per heavy atom. The molecule has 1 unspecified atom stereocenters. The van der Waals surface area contributed by atoms with Crippen molar-refractivity contribution in [3.8, 4) is 0 Å².